The highest BCUT2D eigenvalue weighted by Gasteiger charge is 2.15. The predicted octanol–water partition coefficient (Wildman–Crippen LogP) is 4.96. The summed E-state index contributed by atoms with van der Waals surface area (Å²) in [6.45, 7) is 8.30. The number of anilines is 2. The van der Waals surface area contributed by atoms with Crippen LogP contribution in [-0.2, 0) is 6.42 Å². The Balaban J connectivity index is 2.48. The summed E-state index contributed by atoms with van der Waals surface area (Å²) in [5, 5.41) is 0. The van der Waals surface area contributed by atoms with E-state index in [4.69, 9.17) is 0 Å². The van der Waals surface area contributed by atoms with E-state index >= 15 is 0 Å². The highest BCUT2D eigenvalue weighted by atomic mass is 15.2. The fraction of sp³-hybridized carbons (Fsp3) is 0.222. The Morgan fingerprint density at radius 3 is 2.26 bits per heavy atom. The van der Waals surface area contributed by atoms with Crippen molar-refractivity contribution >= 4 is 11.4 Å². The van der Waals surface area contributed by atoms with Crippen LogP contribution in [0.25, 0.3) is 0 Å². The van der Waals surface area contributed by atoms with Gasteiger partial charge in [-0.15, -0.1) is 6.58 Å². The van der Waals surface area contributed by atoms with Crippen LogP contribution in [-0.4, -0.2) is 6.04 Å². The summed E-state index contributed by atoms with van der Waals surface area (Å²) in [5.74, 6) is 0. The molecule has 0 amide bonds. The third-order valence-corrected chi connectivity index (χ3v) is 3.17. The van der Waals surface area contributed by atoms with Crippen LogP contribution in [0.2, 0.25) is 0 Å². The van der Waals surface area contributed by atoms with Gasteiger partial charge in [0.05, 0.1) is 0 Å². The van der Waals surface area contributed by atoms with Crippen LogP contribution in [0.4, 0.5) is 11.4 Å². The Kier molecular flexibility index (Phi) is 4.40. The van der Waals surface area contributed by atoms with Gasteiger partial charge in [-0.25, -0.2) is 0 Å². The third-order valence-electron chi connectivity index (χ3n) is 3.17. The molecule has 0 saturated carbocycles. The number of allylic oxidation sites excluding steroid dienone is 1. The first-order chi connectivity index (χ1) is 9.24. The van der Waals surface area contributed by atoms with Crippen LogP contribution < -0.4 is 4.90 Å². The summed E-state index contributed by atoms with van der Waals surface area (Å²) in [6.07, 6.45) is 2.86. The van der Waals surface area contributed by atoms with Gasteiger partial charge in [-0.1, -0.05) is 42.5 Å². The molecule has 98 valence electrons. The summed E-state index contributed by atoms with van der Waals surface area (Å²) < 4.78 is 0. The monoisotopic (exact) mass is 251 g/mol. The fourth-order valence-electron chi connectivity index (χ4n) is 2.38. The highest BCUT2D eigenvalue weighted by Crippen LogP contribution is 2.30. The summed E-state index contributed by atoms with van der Waals surface area (Å²) in [6, 6.07) is 19.5. The summed E-state index contributed by atoms with van der Waals surface area (Å²) in [5.41, 5.74) is 3.81. The average molecular weight is 251 g/mol. The molecule has 0 radical (unpaired) electrons. The Labute approximate surface area is 116 Å². The molecule has 19 heavy (non-hydrogen) atoms. The lowest BCUT2D eigenvalue weighted by molar-refractivity contribution is 0.785. The number of para-hydroxylation sites is 2. The van der Waals surface area contributed by atoms with Gasteiger partial charge in [0.25, 0.3) is 0 Å². The molecule has 0 unspecified atom stereocenters. The van der Waals surface area contributed by atoms with Gasteiger partial charge in [0.2, 0.25) is 0 Å². The predicted molar refractivity (Wildman–Crippen MR) is 84.1 cm³/mol. The zero-order valence-electron chi connectivity index (χ0n) is 11.7. The maximum Gasteiger partial charge on any atom is 0.0448 e. The van der Waals surface area contributed by atoms with E-state index in [1.165, 1.54) is 16.9 Å². The highest BCUT2D eigenvalue weighted by molar-refractivity contribution is 5.67. The Bertz CT molecular complexity index is 528. The Morgan fingerprint density at radius 1 is 1.00 bits per heavy atom. The summed E-state index contributed by atoms with van der Waals surface area (Å²) in [4.78, 5) is 2.37. The molecule has 1 heteroatoms. The van der Waals surface area contributed by atoms with Crippen LogP contribution >= 0.6 is 0 Å². The van der Waals surface area contributed by atoms with Gasteiger partial charge in [0, 0.05) is 17.4 Å². The van der Waals surface area contributed by atoms with Crippen molar-refractivity contribution in [1.82, 2.24) is 0 Å². The molecule has 0 aliphatic heterocycles. The third kappa shape index (κ3) is 3.05. The van der Waals surface area contributed by atoms with Crippen molar-refractivity contribution in [2.75, 3.05) is 4.90 Å². The van der Waals surface area contributed by atoms with E-state index in [9.17, 15) is 0 Å². The first kappa shape index (κ1) is 13.4. The second-order valence-electron chi connectivity index (χ2n) is 4.92. The van der Waals surface area contributed by atoms with E-state index in [1.807, 2.05) is 6.08 Å². The van der Waals surface area contributed by atoms with Gasteiger partial charge < -0.3 is 4.90 Å². The van der Waals surface area contributed by atoms with Gasteiger partial charge in [-0.2, -0.15) is 0 Å². The van der Waals surface area contributed by atoms with Gasteiger partial charge in [-0.3, -0.25) is 0 Å². The molecule has 0 heterocycles. The zero-order chi connectivity index (χ0) is 13.7. The van der Waals surface area contributed by atoms with Crippen molar-refractivity contribution < 1.29 is 0 Å². The Morgan fingerprint density at radius 2 is 1.63 bits per heavy atom. The number of rotatable bonds is 5. The van der Waals surface area contributed by atoms with Crippen molar-refractivity contribution in [1.29, 1.82) is 0 Å². The lowest BCUT2D eigenvalue weighted by atomic mass is 10.1. The number of benzene rings is 2. The summed E-state index contributed by atoms with van der Waals surface area (Å²) in [7, 11) is 0. The quantitative estimate of drug-likeness (QED) is 0.679. The molecule has 0 aliphatic rings. The molecule has 2 aromatic carbocycles. The smallest absolute Gasteiger partial charge is 0.0448 e. The van der Waals surface area contributed by atoms with Gasteiger partial charge >= 0.3 is 0 Å². The molecule has 0 saturated heterocycles. The zero-order valence-corrected chi connectivity index (χ0v) is 11.7. The van der Waals surface area contributed by atoms with E-state index < -0.39 is 0 Å². The molecule has 1 nitrogen and oxygen atoms in total. The normalized spacial score (nSPS) is 10.5. The topological polar surface area (TPSA) is 3.24 Å². The largest absolute Gasteiger partial charge is 0.339 e. The van der Waals surface area contributed by atoms with Gasteiger partial charge in [-0.05, 0) is 44.0 Å². The minimum Gasteiger partial charge on any atom is -0.339 e. The van der Waals surface area contributed by atoms with E-state index in [-0.39, 0.29) is 0 Å². The van der Waals surface area contributed by atoms with E-state index in [2.05, 4.69) is 79.9 Å². The lowest BCUT2D eigenvalue weighted by Gasteiger charge is -2.31. The van der Waals surface area contributed by atoms with Crippen molar-refractivity contribution in [2.24, 2.45) is 0 Å². The molecule has 2 aromatic rings. The van der Waals surface area contributed by atoms with Crippen LogP contribution in [0, 0.1) is 0 Å². The van der Waals surface area contributed by atoms with Crippen LogP contribution in [0.1, 0.15) is 19.4 Å². The van der Waals surface area contributed by atoms with Crippen LogP contribution in [0.15, 0.2) is 67.3 Å². The molecule has 0 N–H and O–H groups in total. The molecule has 0 bridgehead atoms. The second-order valence-corrected chi connectivity index (χ2v) is 4.92. The number of nitrogens with zero attached hydrogens (tertiary/aromatic N) is 1. The molecule has 0 atom stereocenters. The van der Waals surface area contributed by atoms with E-state index in [1.54, 1.807) is 0 Å². The molecular formula is C18H21N. The maximum absolute atomic E-state index is 3.86. The summed E-state index contributed by atoms with van der Waals surface area (Å²) >= 11 is 0. The second kappa shape index (κ2) is 6.24. The molecular weight excluding hydrogens is 230 g/mol. The van der Waals surface area contributed by atoms with Gasteiger partial charge in [0.15, 0.2) is 0 Å². The first-order valence-corrected chi connectivity index (χ1v) is 6.77. The molecule has 2 rings (SSSR count). The molecule has 0 aromatic heterocycles. The molecule has 0 aliphatic carbocycles. The molecule has 0 spiro atoms. The number of hydrogen-bond acceptors (Lipinski definition) is 1. The lowest BCUT2D eigenvalue weighted by Crippen LogP contribution is -2.26. The SMILES string of the molecule is C=CCc1ccccc1N(c1ccccc1)C(C)C. The minimum absolute atomic E-state index is 0.411. The van der Waals surface area contributed by atoms with Crippen molar-refractivity contribution in [3.05, 3.63) is 72.8 Å². The number of hydrogen-bond donors (Lipinski definition) is 0. The standard InChI is InChI=1S/C18H21N/c1-4-10-16-11-8-9-14-18(16)19(15(2)3)17-12-6-5-7-13-17/h4-9,11-15H,1,10H2,2-3H3. The van der Waals surface area contributed by atoms with Crippen LogP contribution in [0.3, 0.4) is 0 Å². The van der Waals surface area contributed by atoms with Crippen LogP contribution in [0.5, 0.6) is 0 Å². The molecule has 0 fully saturated rings. The fourth-order valence-corrected chi connectivity index (χ4v) is 2.38. The van der Waals surface area contributed by atoms with E-state index in [0.29, 0.717) is 6.04 Å². The maximum atomic E-state index is 3.86. The van der Waals surface area contributed by atoms with Crippen molar-refractivity contribution in [2.45, 2.75) is 26.3 Å². The van der Waals surface area contributed by atoms with Gasteiger partial charge in [0.1, 0.15) is 0 Å². The minimum atomic E-state index is 0.411. The van der Waals surface area contributed by atoms with Crippen molar-refractivity contribution in [3.63, 3.8) is 0 Å². The van der Waals surface area contributed by atoms with Crippen molar-refractivity contribution in [3.8, 4) is 0 Å². The average Bonchev–Trinajstić information content (AvgIpc) is 2.42. The Hall–Kier alpha value is -2.02. The first-order valence-electron chi connectivity index (χ1n) is 6.77. The van der Waals surface area contributed by atoms with E-state index in [0.717, 1.165) is 6.42 Å².